The van der Waals surface area contributed by atoms with Crippen LogP contribution in [-0.2, 0) is 16.1 Å². The number of rotatable bonds is 2. The first kappa shape index (κ1) is 14.5. The van der Waals surface area contributed by atoms with Gasteiger partial charge in [-0.2, -0.15) is 0 Å². The molecule has 0 radical (unpaired) electrons. The fourth-order valence-corrected chi connectivity index (χ4v) is 3.32. The molecular formula is C19H16N2O3. The van der Waals surface area contributed by atoms with Gasteiger partial charge in [-0.3, -0.25) is 4.79 Å². The van der Waals surface area contributed by atoms with Crippen molar-refractivity contribution in [3.63, 3.8) is 0 Å². The Labute approximate surface area is 139 Å². The average Bonchev–Trinajstić information content (AvgIpc) is 3.11. The molecule has 1 heterocycles. The Kier molecular flexibility index (Phi) is 3.34. The van der Waals surface area contributed by atoms with E-state index in [9.17, 15) is 4.79 Å². The van der Waals surface area contributed by atoms with Crippen LogP contribution in [0, 0.1) is 0 Å². The van der Waals surface area contributed by atoms with Gasteiger partial charge in [-0.15, -0.1) is 0 Å². The van der Waals surface area contributed by atoms with Crippen LogP contribution in [0.25, 0.3) is 5.57 Å². The molecule has 1 aliphatic heterocycles. The molecule has 0 aromatic heterocycles. The molecule has 1 amide bonds. The number of amides is 1. The van der Waals surface area contributed by atoms with Gasteiger partial charge in [-0.1, -0.05) is 29.4 Å². The van der Waals surface area contributed by atoms with Crippen LogP contribution < -0.4 is 10.1 Å². The van der Waals surface area contributed by atoms with Crippen molar-refractivity contribution in [3.05, 3.63) is 64.7 Å². The van der Waals surface area contributed by atoms with Crippen LogP contribution in [0.2, 0.25) is 0 Å². The highest BCUT2D eigenvalue weighted by molar-refractivity contribution is 6.38. The lowest BCUT2D eigenvalue weighted by Gasteiger charge is -2.06. The van der Waals surface area contributed by atoms with E-state index in [1.807, 2.05) is 42.5 Å². The zero-order chi connectivity index (χ0) is 16.7. The third-order valence-electron chi connectivity index (χ3n) is 4.38. The predicted octanol–water partition coefficient (Wildman–Crippen LogP) is 3.01. The number of carbonyl (C=O) groups excluding carboxylic acids is 1. The van der Waals surface area contributed by atoms with Gasteiger partial charge in [-0.05, 0) is 29.3 Å². The zero-order valence-corrected chi connectivity index (χ0v) is 13.4. The van der Waals surface area contributed by atoms with Crippen LogP contribution in [0.5, 0.6) is 5.75 Å². The Balaban J connectivity index is 1.95. The van der Waals surface area contributed by atoms with Crippen molar-refractivity contribution in [2.24, 2.45) is 5.16 Å². The van der Waals surface area contributed by atoms with Crippen LogP contribution >= 0.6 is 0 Å². The molecule has 2 aliphatic rings. The highest BCUT2D eigenvalue weighted by atomic mass is 16.6. The van der Waals surface area contributed by atoms with Crippen molar-refractivity contribution in [2.45, 2.75) is 6.42 Å². The van der Waals surface area contributed by atoms with Gasteiger partial charge in [0.1, 0.15) is 18.6 Å². The number of methoxy groups -OCH3 is 1. The molecule has 4 rings (SSSR count). The number of hydrogen-bond acceptors (Lipinski definition) is 4. The summed E-state index contributed by atoms with van der Waals surface area (Å²) in [5, 5.41) is 7.11. The van der Waals surface area contributed by atoms with Crippen LogP contribution in [0.3, 0.4) is 0 Å². The van der Waals surface area contributed by atoms with Gasteiger partial charge in [-0.25, -0.2) is 0 Å². The number of carbonyl (C=O) groups is 1. The summed E-state index contributed by atoms with van der Waals surface area (Å²) in [6.45, 7) is 0. The minimum absolute atomic E-state index is 0.120. The van der Waals surface area contributed by atoms with Gasteiger partial charge in [0.25, 0.3) is 5.91 Å². The normalized spacial score (nSPS) is 19.9. The quantitative estimate of drug-likeness (QED) is 0.683. The molecule has 2 aromatic rings. The number of nitrogens with one attached hydrogen (secondary N) is 1. The summed E-state index contributed by atoms with van der Waals surface area (Å²) >= 11 is 0. The molecule has 5 heteroatoms. The first-order valence-corrected chi connectivity index (χ1v) is 7.65. The molecule has 5 nitrogen and oxygen atoms in total. The van der Waals surface area contributed by atoms with Gasteiger partial charge in [0, 0.05) is 23.2 Å². The van der Waals surface area contributed by atoms with Crippen molar-refractivity contribution in [1.82, 2.24) is 0 Å². The molecule has 1 N–H and O–H groups in total. The second kappa shape index (κ2) is 5.53. The highest BCUT2D eigenvalue weighted by Crippen LogP contribution is 2.40. The molecule has 0 unspecified atom stereocenters. The van der Waals surface area contributed by atoms with E-state index in [0.717, 1.165) is 28.0 Å². The van der Waals surface area contributed by atoms with Gasteiger partial charge >= 0.3 is 0 Å². The van der Waals surface area contributed by atoms with Crippen molar-refractivity contribution < 1.29 is 14.4 Å². The van der Waals surface area contributed by atoms with E-state index >= 15 is 0 Å². The van der Waals surface area contributed by atoms with E-state index in [0.29, 0.717) is 23.5 Å². The van der Waals surface area contributed by atoms with Gasteiger partial charge in [0.2, 0.25) is 0 Å². The summed E-state index contributed by atoms with van der Waals surface area (Å²) < 4.78 is 5.31. The number of allylic oxidation sites excluding steroid dienone is 1. The molecule has 0 saturated carbocycles. The smallest absolute Gasteiger partial charge is 0.256 e. The maximum Gasteiger partial charge on any atom is 0.256 e. The van der Waals surface area contributed by atoms with E-state index in [4.69, 9.17) is 9.57 Å². The van der Waals surface area contributed by atoms with E-state index in [2.05, 4.69) is 10.5 Å². The molecule has 0 fully saturated rings. The Morgan fingerprint density at radius 3 is 2.71 bits per heavy atom. The minimum Gasteiger partial charge on any atom is -0.497 e. The maximum absolute atomic E-state index is 12.6. The van der Waals surface area contributed by atoms with Crippen molar-refractivity contribution in [3.8, 4) is 5.75 Å². The van der Waals surface area contributed by atoms with E-state index in [-0.39, 0.29) is 5.91 Å². The standard InChI is InChI=1S/C19H16N2O3/c1-23-12-7-8-16-14(10-12)17(19(22)20-16)15-9-11-5-3-4-6-13(11)18(15)21-24-2/h3-8,10H,9H2,1-2H3,(H,20,22)/b17-15+,21-18+. The molecule has 2 aromatic carbocycles. The first-order chi connectivity index (χ1) is 11.7. The number of fused-ring (bicyclic) bond motifs is 2. The molecule has 0 spiro atoms. The molecule has 24 heavy (non-hydrogen) atoms. The van der Waals surface area contributed by atoms with Gasteiger partial charge < -0.3 is 14.9 Å². The third kappa shape index (κ3) is 2.09. The average molecular weight is 320 g/mol. The summed E-state index contributed by atoms with van der Waals surface area (Å²) in [4.78, 5) is 17.7. The number of benzene rings is 2. The molecule has 0 saturated heterocycles. The Bertz CT molecular complexity index is 913. The minimum atomic E-state index is -0.120. The molecule has 0 bridgehead atoms. The Hall–Kier alpha value is -3.08. The zero-order valence-electron chi connectivity index (χ0n) is 13.4. The largest absolute Gasteiger partial charge is 0.497 e. The lowest BCUT2D eigenvalue weighted by Crippen LogP contribution is -2.10. The highest BCUT2D eigenvalue weighted by Gasteiger charge is 2.34. The van der Waals surface area contributed by atoms with Crippen molar-refractivity contribution in [1.29, 1.82) is 0 Å². The Morgan fingerprint density at radius 2 is 1.92 bits per heavy atom. The van der Waals surface area contributed by atoms with Crippen LogP contribution in [-0.4, -0.2) is 25.8 Å². The van der Waals surface area contributed by atoms with E-state index in [1.54, 1.807) is 7.11 Å². The SMILES string of the molecule is CO/N=C1/C(=C2/C(=O)Nc3ccc(OC)cc32)Cc2ccccc21. The first-order valence-electron chi connectivity index (χ1n) is 7.65. The molecule has 1 aliphatic carbocycles. The lowest BCUT2D eigenvalue weighted by atomic mass is 9.98. The summed E-state index contributed by atoms with van der Waals surface area (Å²) in [6, 6.07) is 13.6. The van der Waals surface area contributed by atoms with Gasteiger partial charge in [0.15, 0.2) is 0 Å². The van der Waals surface area contributed by atoms with Crippen LogP contribution in [0.15, 0.2) is 53.2 Å². The monoisotopic (exact) mass is 320 g/mol. The number of oxime groups is 1. The van der Waals surface area contributed by atoms with Crippen LogP contribution in [0.4, 0.5) is 5.69 Å². The van der Waals surface area contributed by atoms with Gasteiger partial charge in [0.05, 0.1) is 12.7 Å². The fourth-order valence-electron chi connectivity index (χ4n) is 3.32. The second-order valence-electron chi connectivity index (χ2n) is 5.68. The summed E-state index contributed by atoms with van der Waals surface area (Å²) in [6.07, 6.45) is 0.651. The molecular weight excluding hydrogens is 304 g/mol. The van der Waals surface area contributed by atoms with Crippen LogP contribution in [0.1, 0.15) is 16.7 Å². The lowest BCUT2D eigenvalue weighted by molar-refractivity contribution is -0.110. The summed E-state index contributed by atoms with van der Waals surface area (Å²) in [7, 11) is 3.13. The number of nitrogens with zero attached hydrogens (tertiary/aromatic N) is 1. The maximum atomic E-state index is 12.6. The topological polar surface area (TPSA) is 59.9 Å². The van der Waals surface area contributed by atoms with E-state index < -0.39 is 0 Å². The van der Waals surface area contributed by atoms with Crippen molar-refractivity contribution >= 4 is 22.9 Å². The summed E-state index contributed by atoms with van der Waals surface area (Å²) in [5.41, 5.74) is 6.00. The summed E-state index contributed by atoms with van der Waals surface area (Å²) in [5.74, 6) is 0.592. The number of hydrogen-bond donors (Lipinski definition) is 1. The molecule has 0 atom stereocenters. The second-order valence-corrected chi connectivity index (χ2v) is 5.68. The Morgan fingerprint density at radius 1 is 1.08 bits per heavy atom. The number of anilines is 1. The predicted molar refractivity (Wildman–Crippen MR) is 92.2 cm³/mol. The van der Waals surface area contributed by atoms with E-state index in [1.165, 1.54) is 7.11 Å². The van der Waals surface area contributed by atoms with Crippen molar-refractivity contribution in [2.75, 3.05) is 19.5 Å². The third-order valence-corrected chi connectivity index (χ3v) is 4.38. The number of ether oxygens (including phenoxy) is 1. The molecule has 120 valence electrons. The fraction of sp³-hybridized carbons (Fsp3) is 0.158.